The fraction of sp³-hybridized carbons (Fsp3) is 0.333. The van der Waals surface area contributed by atoms with E-state index in [0.29, 0.717) is 23.9 Å². The smallest absolute Gasteiger partial charge is 0.251 e. The summed E-state index contributed by atoms with van der Waals surface area (Å²) in [6.07, 6.45) is 2.33. The SMILES string of the molecule is Cc1cc(C)cc(OCCC(=O)Nc2cccc(C(=O)NC3CC3)c2)c1. The van der Waals surface area contributed by atoms with Crippen molar-refractivity contribution in [3.63, 3.8) is 0 Å². The van der Waals surface area contributed by atoms with Gasteiger partial charge in [-0.1, -0.05) is 12.1 Å². The van der Waals surface area contributed by atoms with Crippen LogP contribution in [-0.2, 0) is 4.79 Å². The quantitative estimate of drug-likeness (QED) is 0.800. The van der Waals surface area contributed by atoms with Gasteiger partial charge in [-0.25, -0.2) is 0 Å². The van der Waals surface area contributed by atoms with Crippen LogP contribution in [0.2, 0.25) is 0 Å². The molecule has 0 saturated heterocycles. The second-order valence-electron chi connectivity index (χ2n) is 6.80. The molecule has 0 unspecified atom stereocenters. The summed E-state index contributed by atoms with van der Waals surface area (Å²) >= 11 is 0. The molecule has 1 saturated carbocycles. The fourth-order valence-corrected chi connectivity index (χ4v) is 2.74. The highest BCUT2D eigenvalue weighted by atomic mass is 16.5. The predicted octanol–water partition coefficient (Wildman–Crippen LogP) is 3.60. The van der Waals surface area contributed by atoms with E-state index in [1.165, 1.54) is 0 Å². The molecule has 0 aromatic heterocycles. The Morgan fingerprint density at radius 1 is 1.08 bits per heavy atom. The van der Waals surface area contributed by atoms with Gasteiger partial charge < -0.3 is 15.4 Å². The monoisotopic (exact) mass is 352 g/mol. The van der Waals surface area contributed by atoms with Crippen molar-refractivity contribution in [1.29, 1.82) is 0 Å². The van der Waals surface area contributed by atoms with Crippen molar-refractivity contribution in [3.8, 4) is 5.75 Å². The zero-order chi connectivity index (χ0) is 18.5. The molecule has 0 aliphatic heterocycles. The maximum atomic E-state index is 12.1. The zero-order valence-electron chi connectivity index (χ0n) is 15.2. The molecule has 136 valence electrons. The number of ether oxygens (including phenoxy) is 1. The molecule has 2 N–H and O–H groups in total. The Hall–Kier alpha value is -2.82. The normalized spacial score (nSPS) is 13.2. The average molecular weight is 352 g/mol. The van der Waals surface area contributed by atoms with Gasteiger partial charge in [0.15, 0.2) is 0 Å². The number of carbonyl (C=O) groups excluding carboxylic acids is 2. The summed E-state index contributed by atoms with van der Waals surface area (Å²) in [5.74, 6) is 0.532. The number of rotatable bonds is 7. The molecule has 0 bridgehead atoms. The molecule has 2 amide bonds. The van der Waals surface area contributed by atoms with Crippen LogP contribution in [0.1, 0.15) is 40.7 Å². The molecule has 0 radical (unpaired) electrons. The Balaban J connectivity index is 1.49. The molecule has 26 heavy (non-hydrogen) atoms. The van der Waals surface area contributed by atoms with Gasteiger partial charge in [0.25, 0.3) is 5.91 Å². The number of hydrogen-bond donors (Lipinski definition) is 2. The number of amides is 2. The number of benzene rings is 2. The number of hydrogen-bond acceptors (Lipinski definition) is 3. The molecule has 0 spiro atoms. The predicted molar refractivity (Wildman–Crippen MR) is 102 cm³/mol. The van der Waals surface area contributed by atoms with Crippen LogP contribution in [0.5, 0.6) is 5.75 Å². The van der Waals surface area contributed by atoms with E-state index in [-0.39, 0.29) is 18.2 Å². The molecule has 3 rings (SSSR count). The van der Waals surface area contributed by atoms with Gasteiger partial charge in [-0.15, -0.1) is 0 Å². The molecule has 2 aromatic carbocycles. The molecule has 1 aliphatic rings. The standard InChI is InChI=1S/C21H24N2O3/c1-14-10-15(2)12-19(11-14)26-9-8-20(24)22-18-5-3-4-16(13-18)21(25)23-17-6-7-17/h3-5,10-13,17H,6-9H2,1-2H3,(H,22,24)(H,23,25). The first-order valence-electron chi connectivity index (χ1n) is 8.91. The molecule has 0 atom stereocenters. The Labute approximate surface area is 153 Å². The summed E-state index contributed by atoms with van der Waals surface area (Å²) in [4.78, 5) is 24.2. The van der Waals surface area contributed by atoms with Crippen molar-refractivity contribution in [2.75, 3.05) is 11.9 Å². The average Bonchev–Trinajstić information content (AvgIpc) is 3.38. The minimum atomic E-state index is -0.144. The van der Waals surface area contributed by atoms with Gasteiger partial charge in [0, 0.05) is 17.3 Å². The first kappa shape index (κ1) is 18.0. The van der Waals surface area contributed by atoms with Gasteiger partial charge in [-0.3, -0.25) is 9.59 Å². The minimum absolute atomic E-state index is 0.0956. The highest BCUT2D eigenvalue weighted by Crippen LogP contribution is 2.20. The highest BCUT2D eigenvalue weighted by Gasteiger charge is 2.23. The third-order valence-electron chi connectivity index (χ3n) is 4.11. The Morgan fingerprint density at radius 3 is 2.50 bits per heavy atom. The van der Waals surface area contributed by atoms with Crippen molar-refractivity contribution in [2.45, 2.75) is 39.2 Å². The molecule has 2 aromatic rings. The van der Waals surface area contributed by atoms with Crippen molar-refractivity contribution in [3.05, 3.63) is 59.2 Å². The summed E-state index contributed by atoms with van der Waals surface area (Å²) in [5, 5.41) is 5.76. The maximum absolute atomic E-state index is 12.1. The van der Waals surface area contributed by atoms with Crippen LogP contribution >= 0.6 is 0 Å². The van der Waals surface area contributed by atoms with Crippen LogP contribution in [0.4, 0.5) is 5.69 Å². The lowest BCUT2D eigenvalue weighted by molar-refractivity contribution is -0.116. The van der Waals surface area contributed by atoms with Gasteiger partial charge >= 0.3 is 0 Å². The summed E-state index contributed by atoms with van der Waals surface area (Å²) < 4.78 is 5.66. The molecular weight excluding hydrogens is 328 g/mol. The maximum Gasteiger partial charge on any atom is 0.251 e. The Morgan fingerprint density at radius 2 is 1.81 bits per heavy atom. The van der Waals surface area contributed by atoms with Gasteiger partial charge in [-0.2, -0.15) is 0 Å². The van der Waals surface area contributed by atoms with Crippen LogP contribution < -0.4 is 15.4 Å². The van der Waals surface area contributed by atoms with Crippen LogP contribution in [-0.4, -0.2) is 24.5 Å². The molecule has 5 heteroatoms. The molecule has 5 nitrogen and oxygen atoms in total. The topological polar surface area (TPSA) is 67.4 Å². The lowest BCUT2D eigenvalue weighted by Gasteiger charge is -2.10. The van der Waals surface area contributed by atoms with E-state index in [1.54, 1.807) is 24.3 Å². The fourth-order valence-electron chi connectivity index (χ4n) is 2.74. The lowest BCUT2D eigenvalue weighted by atomic mass is 10.1. The second kappa shape index (κ2) is 8.04. The number of anilines is 1. The minimum Gasteiger partial charge on any atom is -0.493 e. The van der Waals surface area contributed by atoms with Crippen molar-refractivity contribution >= 4 is 17.5 Å². The molecule has 1 aliphatic carbocycles. The summed E-state index contributed by atoms with van der Waals surface area (Å²) in [7, 11) is 0. The number of nitrogens with one attached hydrogen (secondary N) is 2. The summed E-state index contributed by atoms with van der Waals surface area (Å²) in [6, 6.07) is 13.3. The van der Waals surface area contributed by atoms with Crippen molar-refractivity contribution < 1.29 is 14.3 Å². The van der Waals surface area contributed by atoms with Crippen molar-refractivity contribution in [2.24, 2.45) is 0 Å². The molecular formula is C21H24N2O3. The van der Waals surface area contributed by atoms with E-state index < -0.39 is 0 Å². The van der Waals surface area contributed by atoms with Crippen LogP contribution in [0.25, 0.3) is 0 Å². The van der Waals surface area contributed by atoms with Crippen LogP contribution in [0, 0.1) is 13.8 Å². The van der Waals surface area contributed by atoms with Crippen molar-refractivity contribution in [1.82, 2.24) is 5.32 Å². The molecule has 1 fully saturated rings. The van der Waals surface area contributed by atoms with Gasteiger partial charge in [0.1, 0.15) is 5.75 Å². The zero-order valence-corrected chi connectivity index (χ0v) is 15.2. The summed E-state index contributed by atoms with van der Waals surface area (Å²) in [6.45, 7) is 4.33. The van der Waals surface area contributed by atoms with Gasteiger partial charge in [0.05, 0.1) is 13.0 Å². The van der Waals surface area contributed by atoms with Crippen LogP contribution in [0.15, 0.2) is 42.5 Å². The lowest BCUT2D eigenvalue weighted by Crippen LogP contribution is -2.25. The van der Waals surface area contributed by atoms with E-state index in [0.717, 1.165) is 29.7 Å². The highest BCUT2D eigenvalue weighted by molar-refractivity contribution is 5.97. The van der Waals surface area contributed by atoms with Gasteiger partial charge in [-0.05, 0) is 68.1 Å². The van der Waals surface area contributed by atoms with E-state index in [9.17, 15) is 9.59 Å². The van der Waals surface area contributed by atoms with Crippen LogP contribution in [0.3, 0.4) is 0 Å². The van der Waals surface area contributed by atoms with E-state index in [1.807, 2.05) is 26.0 Å². The van der Waals surface area contributed by atoms with E-state index in [2.05, 4.69) is 16.7 Å². The first-order valence-corrected chi connectivity index (χ1v) is 8.91. The van der Waals surface area contributed by atoms with E-state index in [4.69, 9.17) is 4.74 Å². The Bertz CT molecular complexity index is 792. The second-order valence-corrected chi connectivity index (χ2v) is 6.80. The third kappa shape index (κ3) is 5.34. The van der Waals surface area contributed by atoms with E-state index >= 15 is 0 Å². The largest absolute Gasteiger partial charge is 0.493 e. The summed E-state index contributed by atoms with van der Waals surface area (Å²) in [5.41, 5.74) is 3.43. The Kier molecular flexibility index (Phi) is 5.56. The third-order valence-corrected chi connectivity index (χ3v) is 4.11. The first-order chi connectivity index (χ1) is 12.5. The number of carbonyl (C=O) groups is 2. The van der Waals surface area contributed by atoms with Gasteiger partial charge in [0.2, 0.25) is 5.91 Å². The number of aryl methyl sites for hydroxylation is 2. The molecule has 0 heterocycles.